The Morgan fingerprint density at radius 2 is 2.13 bits per heavy atom. The fourth-order valence-corrected chi connectivity index (χ4v) is 4.24. The number of rotatable bonds is 4. The Morgan fingerprint density at radius 1 is 1.33 bits per heavy atom. The van der Waals surface area contributed by atoms with E-state index in [-0.39, 0.29) is 11.8 Å². The van der Waals surface area contributed by atoms with E-state index in [1.54, 1.807) is 24.8 Å². The van der Waals surface area contributed by atoms with Crippen molar-refractivity contribution in [3.63, 3.8) is 0 Å². The van der Waals surface area contributed by atoms with E-state index in [4.69, 9.17) is 9.72 Å². The van der Waals surface area contributed by atoms with Crippen LogP contribution in [0.4, 0.5) is 0 Å². The third-order valence-corrected chi connectivity index (χ3v) is 5.91. The molecule has 1 N–H and O–H groups in total. The van der Waals surface area contributed by atoms with Crippen molar-refractivity contribution in [1.82, 2.24) is 19.8 Å². The van der Waals surface area contributed by atoms with E-state index >= 15 is 0 Å². The molecule has 0 aromatic carbocycles. The highest BCUT2D eigenvalue weighted by atomic mass is 16.5. The van der Waals surface area contributed by atoms with Crippen molar-refractivity contribution in [3.05, 3.63) is 35.7 Å². The lowest BCUT2D eigenvalue weighted by Crippen LogP contribution is -2.63. The van der Waals surface area contributed by atoms with E-state index in [1.807, 2.05) is 6.07 Å². The minimum atomic E-state index is -0.899. The van der Waals surface area contributed by atoms with E-state index in [0.717, 1.165) is 36.2 Å². The largest absolute Gasteiger partial charge is 0.377 e. The number of amides is 2. The van der Waals surface area contributed by atoms with Crippen LogP contribution in [0, 0.1) is 5.92 Å². The first kappa shape index (κ1) is 20.6. The molecule has 2 amide bonds. The van der Waals surface area contributed by atoms with Crippen molar-refractivity contribution in [3.8, 4) is 0 Å². The fourth-order valence-electron chi connectivity index (χ4n) is 4.24. The average Bonchev–Trinajstić information content (AvgIpc) is 3.07. The van der Waals surface area contributed by atoms with Gasteiger partial charge in [0, 0.05) is 36.8 Å². The van der Waals surface area contributed by atoms with Gasteiger partial charge in [-0.1, -0.05) is 19.9 Å². The van der Waals surface area contributed by atoms with Gasteiger partial charge in [-0.25, -0.2) is 4.98 Å². The normalized spacial score (nSPS) is 19.2. The predicted octanol–water partition coefficient (Wildman–Crippen LogP) is 2.85. The Bertz CT molecular complexity index is 1020. The quantitative estimate of drug-likeness (QED) is 0.841. The van der Waals surface area contributed by atoms with Crippen LogP contribution in [0.15, 0.2) is 24.4 Å². The van der Waals surface area contributed by atoms with Crippen LogP contribution in [0.5, 0.6) is 0 Å². The monoisotopic (exact) mass is 410 g/mol. The van der Waals surface area contributed by atoms with Crippen molar-refractivity contribution in [2.75, 3.05) is 26.3 Å². The summed E-state index contributed by atoms with van der Waals surface area (Å²) in [5.74, 6) is 0.101. The Kier molecular flexibility index (Phi) is 5.40. The number of carbonyl (C=O) groups excluding carboxylic acids is 2. The highest BCUT2D eigenvalue weighted by Gasteiger charge is 2.41. The SMILES string of the molecule is CC(C)Cn1cc(C2=CCOCC2)c2ccc(C(=O)N3CCNC(=O)C3(C)C)nc21. The number of hydrogen-bond donors (Lipinski definition) is 1. The summed E-state index contributed by atoms with van der Waals surface area (Å²) in [4.78, 5) is 32.0. The molecule has 2 aromatic rings. The number of pyridine rings is 1. The van der Waals surface area contributed by atoms with Gasteiger partial charge >= 0.3 is 0 Å². The highest BCUT2D eigenvalue weighted by molar-refractivity contribution is 6.00. The first-order valence-corrected chi connectivity index (χ1v) is 10.7. The van der Waals surface area contributed by atoms with Crippen molar-refractivity contribution in [2.24, 2.45) is 5.92 Å². The topological polar surface area (TPSA) is 76.5 Å². The van der Waals surface area contributed by atoms with E-state index in [9.17, 15) is 9.59 Å². The molecule has 4 rings (SSSR count). The molecular formula is C23H30N4O3. The van der Waals surface area contributed by atoms with E-state index in [1.165, 1.54) is 5.57 Å². The molecule has 0 atom stereocenters. The van der Waals surface area contributed by atoms with Crippen LogP contribution in [0.1, 0.15) is 50.2 Å². The first-order valence-electron chi connectivity index (χ1n) is 10.7. The first-order chi connectivity index (χ1) is 14.3. The second-order valence-electron chi connectivity index (χ2n) is 8.98. The Hall–Kier alpha value is -2.67. The number of fused-ring (bicyclic) bond motifs is 1. The summed E-state index contributed by atoms with van der Waals surface area (Å²) in [6.45, 7) is 11.0. The molecule has 0 aliphatic carbocycles. The van der Waals surface area contributed by atoms with Crippen molar-refractivity contribution in [1.29, 1.82) is 0 Å². The molecule has 160 valence electrons. The molecule has 0 spiro atoms. The summed E-state index contributed by atoms with van der Waals surface area (Å²) in [6, 6.07) is 3.78. The molecule has 0 radical (unpaired) electrons. The number of hydrogen-bond acceptors (Lipinski definition) is 4. The van der Waals surface area contributed by atoms with Crippen molar-refractivity contribution < 1.29 is 14.3 Å². The second-order valence-corrected chi connectivity index (χ2v) is 8.98. The van der Waals surface area contributed by atoms with Gasteiger partial charge in [-0.2, -0.15) is 0 Å². The van der Waals surface area contributed by atoms with Gasteiger partial charge in [-0.3, -0.25) is 9.59 Å². The maximum Gasteiger partial charge on any atom is 0.273 e. The number of nitrogens with zero attached hydrogens (tertiary/aromatic N) is 3. The molecule has 2 aliphatic rings. The van der Waals surface area contributed by atoms with Crippen molar-refractivity contribution in [2.45, 2.75) is 46.2 Å². The van der Waals surface area contributed by atoms with Crippen LogP contribution < -0.4 is 5.32 Å². The van der Waals surface area contributed by atoms with Crippen LogP contribution in [-0.2, 0) is 16.1 Å². The fraction of sp³-hybridized carbons (Fsp3) is 0.522. The minimum absolute atomic E-state index is 0.139. The molecule has 2 aromatic heterocycles. The van der Waals surface area contributed by atoms with Gasteiger partial charge in [0.05, 0.1) is 13.2 Å². The summed E-state index contributed by atoms with van der Waals surface area (Å²) >= 11 is 0. The highest BCUT2D eigenvalue weighted by Crippen LogP contribution is 2.31. The molecule has 0 saturated carbocycles. The zero-order valence-electron chi connectivity index (χ0n) is 18.2. The third kappa shape index (κ3) is 3.62. The number of carbonyl (C=O) groups is 2. The average molecular weight is 411 g/mol. The van der Waals surface area contributed by atoms with Gasteiger partial charge in [0.15, 0.2) is 0 Å². The van der Waals surface area contributed by atoms with Gasteiger partial charge in [-0.15, -0.1) is 0 Å². The van der Waals surface area contributed by atoms with E-state index in [2.05, 4.69) is 36.0 Å². The zero-order valence-corrected chi connectivity index (χ0v) is 18.2. The van der Waals surface area contributed by atoms with E-state index < -0.39 is 5.54 Å². The molecule has 0 bridgehead atoms. The number of piperazine rings is 1. The van der Waals surface area contributed by atoms with Crippen LogP contribution in [0.25, 0.3) is 16.6 Å². The molecule has 2 aliphatic heterocycles. The third-order valence-electron chi connectivity index (χ3n) is 5.91. The lowest BCUT2D eigenvalue weighted by Gasteiger charge is -2.40. The van der Waals surface area contributed by atoms with Gasteiger partial charge in [-0.05, 0) is 43.9 Å². The lowest BCUT2D eigenvalue weighted by atomic mass is 9.98. The van der Waals surface area contributed by atoms with Crippen LogP contribution in [0.3, 0.4) is 0 Å². The Balaban J connectivity index is 1.76. The summed E-state index contributed by atoms with van der Waals surface area (Å²) < 4.78 is 7.62. The Labute approximate surface area is 177 Å². The van der Waals surface area contributed by atoms with Gasteiger partial charge in [0.1, 0.15) is 16.9 Å². The van der Waals surface area contributed by atoms with Gasteiger partial charge in [0.2, 0.25) is 5.91 Å². The zero-order chi connectivity index (χ0) is 21.5. The minimum Gasteiger partial charge on any atom is -0.377 e. The molecule has 7 nitrogen and oxygen atoms in total. The van der Waals surface area contributed by atoms with Crippen LogP contribution in [-0.4, -0.2) is 58.1 Å². The summed E-state index contributed by atoms with van der Waals surface area (Å²) in [6.07, 6.45) is 5.16. The Morgan fingerprint density at radius 3 is 2.83 bits per heavy atom. The van der Waals surface area contributed by atoms with Crippen molar-refractivity contribution >= 4 is 28.4 Å². The standard InChI is InChI=1S/C23H30N4O3/c1-15(2)13-26-14-18(16-7-11-30-12-8-16)17-5-6-19(25-20(17)26)21(28)27-10-9-24-22(29)23(27,3)4/h5-7,14-15H,8-13H2,1-4H3,(H,24,29). The van der Waals surface area contributed by atoms with Crippen LogP contribution in [0.2, 0.25) is 0 Å². The summed E-state index contributed by atoms with van der Waals surface area (Å²) in [7, 11) is 0. The molecule has 1 fully saturated rings. The second kappa shape index (κ2) is 7.87. The number of ether oxygens (including phenoxy) is 1. The molecule has 4 heterocycles. The van der Waals surface area contributed by atoms with E-state index in [0.29, 0.717) is 31.3 Å². The molecule has 30 heavy (non-hydrogen) atoms. The maximum atomic E-state index is 13.3. The number of nitrogens with one attached hydrogen (secondary N) is 1. The summed E-state index contributed by atoms with van der Waals surface area (Å²) in [5.41, 5.74) is 2.72. The molecular weight excluding hydrogens is 380 g/mol. The smallest absolute Gasteiger partial charge is 0.273 e. The predicted molar refractivity (Wildman–Crippen MR) is 116 cm³/mol. The summed E-state index contributed by atoms with van der Waals surface area (Å²) in [5, 5.41) is 3.89. The molecule has 1 saturated heterocycles. The number of aromatic nitrogens is 2. The maximum absolute atomic E-state index is 13.3. The lowest BCUT2D eigenvalue weighted by molar-refractivity contribution is -0.133. The molecule has 0 unspecified atom stereocenters. The van der Waals surface area contributed by atoms with Gasteiger partial charge < -0.3 is 19.5 Å². The molecule has 7 heteroatoms. The van der Waals surface area contributed by atoms with Crippen LogP contribution >= 0.6 is 0 Å². The van der Waals surface area contributed by atoms with Gasteiger partial charge in [0.25, 0.3) is 5.91 Å².